The van der Waals surface area contributed by atoms with E-state index < -0.39 is 6.10 Å². The molecule has 4 heteroatoms. The largest absolute Gasteiger partial charge is 0.387 e. The molecule has 3 nitrogen and oxygen atoms in total. The highest BCUT2D eigenvalue weighted by atomic mass is 32.1. The summed E-state index contributed by atoms with van der Waals surface area (Å²) in [6, 6.07) is 4.03. The third-order valence-electron chi connectivity index (χ3n) is 2.61. The highest BCUT2D eigenvalue weighted by molar-refractivity contribution is 7.12. The molecule has 2 rings (SSSR count). The van der Waals surface area contributed by atoms with Crippen LogP contribution in [0.3, 0.4) is 0 Å². The maximum Gasteiger partial charge on any atom is 0.111 e. The van der Waals surface area contributed by atoms with Crippen LogP contribution >= 0.6 is 11.3 Å². The highest BCUT2D eigenvalue weighted by Crippen LogP contribution is 2.25. The van der Waals surface area contributed by atoms with Gasteiger partial charge in [-0.05, 0) is 26.0 Å². The van der Waals surface area contributed by atoms with Gasteiger partial charge in [0.1, 0.15) is 5.82 Å². The Hall–Kier alpha value is -1.13. The van der Waals surface area contributed by atoms with Gasteiger partial charge in [0.05, 0.1) is 6.10 Å². The fourth-order valence-electron chi connectivity index (χ4n) is 1.72. The molecule has 0 saturated heterocycles. The Balaban J connectivity index is 2.10. The molecule has 0 aliphatic heterocycles. The van der Waals surface area contributed by atoms with Gasteiger partial charge < -0.3 is 9.67 Å². The van der Waals surface area contributed by atoms with Crippen molar-refractivity contribution >= 4 is 11.3 Å². The maximum absolute atomic E-state index is 10.1. The Bertz CT molecular complexity index is 461. The molecule has 2 heterocycles. The fourth-order valence-corrected chi connectivity index (χ4v) is 2.59. The first-order valence-electron chi connectivity index (χ1n) is 5.45. The average molecular weight is 236 g/mol. The van der Waals surface area contributed by atoms with E-state index in [0.29, 0.717) is 6.42 Å². The van der Waals surface area contributed by atoms with Crippen LogP contribution in [0.4, 0.5) is 0 Å². The monoisotopic (exact) mass is 236 g/mol. The quantitative estimate of drug-likeness (QED) is 0.886. The van der Waals surface area contributed by atoms with Crippen LogP contribution < -0.4 is 0 Å². The van der Waals surface area contributed by atoms with E-state index in [1.807, 2.05) is 25.3 Å². The number of aliphatic hydroxyl groups excluding tert-OH is 1. The summed E-state index contributed by atoms with van der Waals surface area (Å²) in [6.07, 6.45) is 3.87. The Morgan fingerprint density at radius 1 is 1.50 bits per heavy atom. The molecule has 1 unspecified atom stereocenters. The van der Waals surface area contributed by atoms with Crippen molar-refractivity contribution in [2.24, 2.45) is 0 Å². The van der Waals surface area contributed by atoms with Crippen LogP contribution in [-0.2, 0) is 13.0 Å². The highest BCUT2D eigenvalue weighted by Gasteiger charge is 2.13. The van der Waals surface area contributed by atoms with Crippen molar-refractivity contribution in [3.63, 3.8) is 0 Å². The third-order valence-corrected chi connectivity index (χ3v) is 3.71. The zero-order chi connectivity index (χ0) is 11.5. The topological polar surface area (TPSA) is 38.0 Å². The number of aliphatic hydroxyl groups is 1. The minimum Gasteiger partial charge on any atom is -0.387 e. The van der Waals surface area contributed by atoms with Crippen LogP contribution in [0.1, 0.15) is 28.6 Å². The van der Waals surface area contributed by atoms with Gasteiger partial charge >= 0.3 is 0 Å². The van der Waals surface area contributed by atoms with Gasteiger partial charge in [0, 0.05) is 35.1 Å². The first kappa shape index (κ1) is 11.4. The van der Waals surface area contributed by atoms with Crippen molar-refractivity contribution in [3.8, 4) is 0 Å². The molecule has 0 radical (unpaired) electrons. The van der Waals surface area contributed by atoms with Crippen molar-refractivity contribution in [2.45, 2.75) is 32.9 Å². The lowest BCUT2D eigenvalue weighted by Crippen LogP contribution is -2.07. The minimum absolute atomic E-state index is 0.439. The summed E-state index contributed by atoms with van der Waals surface area (Å²) in [7, 11) is 0. The van der Waals surface area contributed by atoms with Crippen LogP contribution in [0, 0.1) is 6.92 Å². The lowest BCUT2D eigenvalue weighted by molar-refractivity contribution is 0.178. The number of rotatable bonds is 4. The van der Waals surface area contributed by atoms with Crippen LogP contribution in [0.25, 0.3) is 0 Å². The van der Waals surface area contributed by atoms with E-state index >= 15 is 0 Å². The molecule has 0 amide bonds. The molecule has 0 bridgehead atoms. The number of aryl methyl sites for hydroxylation is 2. The Morgan fingerprint density at radius 2 is 2.31 bits per heavy atom. The molecule has 16 heavy (non-hydrogen) atoms. The number of hydrogen-bond donors (Lipinski definition) is 1. The Labute approximate surface area is 99.4 Å². The van der Waals surface area contributed by atoms with E-state index in [0.717, 1.165) is 17.2 Å². The van der Waals surface area contributed by atoms with E-state index in [9.17, 15) is 5.11 Å². The molecular formula is C12H16N2OS. The van der Waals surface area contributed by atoms with Crippen molar-refractivity contribution in [1.82, 2.24) is 9.55 Å². The second-order valence-electron chi connectivity index (χ2n) is 3.80. The zero-order valence-corrected chi connectivity index (χ0v) is 10.4. The van der Waals surface area contributed by atoms with Crippen molar-refractivity contribution in [3.05, 3.63) is 40.1 Å². The number of nitrogens with zero attached hydrogens (tertiary/aromatic N) is 2. The first-order chi connectivity index (χ1) is 7.70. The molecule has 1 N–H and O–H groups in total. The van der Waals surface area contributed by atoms with Gasteiger partial charge in [-0.25, -0.2) is 4.98 Å². The normalized spacial score (nSPS) is 12.9. The molecule has 0 fully saturated rings. The number of imidazole rings is 1. The van der Waals surface area contributed by atoms with E-state index in [1.165, 1.54) is 4.88 Å². The van der Waals surface area contributed by atoms with E-state index in [2.05, 4.69) is 16.5 Å². The molecule has 0 aliphatic carbocycles. The lowest BCUT2D eigenvalue weighted by atomic mass is 10.2. The number of hydrogen-bond acceptors (Lipinski definition) is 3. The first-order valence-corrected chi connectivity index (χ1v) is 6.26. The number of aromatic nitrogens is 2. The summed E-state index contributed by atoms with van der Waals surface area (Å²) in [5, 5.41) is 10.1. The van der Waals surface area contributed by atoms with Gasteiger partial charge in [-0.15, -0.1) is 11.3 Å². The lowest BCUT2D eigenvalue weighted by Gasteiger charge is -2.09. The van der Waals surface area contributed by atoms with Gasteiger partial charge in [0.15, 0.2) is 0 Å². The average Bonchev–Trinajstić information content (AvgIpc) is 2.86. The van der Waals surface area contributed by atoms with Gasteiger partial charge in [-0.2, -0.15) is 0 Å². The van der Waals surface area contributed by atoms with Gasteiger partial charge in [0.25, 0.3) is 0 Å². The standard InChI is InChI=1S/C12H16N2OS/c1-3-14-7-6-13-12(14)8-10(15)11-5-4-9(2)16-11/h4-7,10,15H,3,8H2,1-2H3. The number of thiophene rings is 1. The summed E-state index contributed by atoms with van der Waals surface area (Å²) < 4.78 is 2.06. The van der Waals surface area contributed by atoms with Crippen molar-refractivity contribution < 1.29 is 5.11 Å². The molecule has 0 aromatic carbocycles. The maximum atomic E-state index is 10.1. The summed E-state index contributed by atoms with van der Waals surface area (Å²) in [6.45, 7) is 5.02. The Kier molecular flexibility index (Phi) is 3.41. The van der Waals surface area contributed by atoms with E-state index in [1.54, 1.807) is 17.5 Å². The van der Waals surface area contributed by atoms with Gasteiger partial charge in [-0.3, -0.25) is 0 Å². The molecule has 86 valence electrons. The molecule has 0 spiro atoms. The minimum atomic E-state index is -0.439. The van der Waals surface area contributed by atoms with Crippen LogP contribution in [0.5, 0.6) is 0 Å². The molecule has 0 aliphatic rings. The van der Waals surface area contributed by atoms with Crippen LogP contribution in [0.2, 0.25) is 0 Å². The molecule has 0 saturated carbocycles. The summed E-state index contributed by atoms with van der Waals surface area (Å²) in [5.41, 5.74) is 0. The SMILES string of the molecule is CCn1ccnc1CC(O)c1ccc(C)s1. The van der Waals surface area contributed by atoms with Crippen molar-refractivity contribution in [2.75, 3.05) is 0 Å². The second kappa shape index (κ2) is 4.80. The molecule has 2 aromatic heterocycles. The van der Waals surface area contributed by atoms with Gasteiger partial charge in [-0.1, -0.05) is 0 Å². The molecule has 2 aromatic rings. The zero-order valence-electron chi connectivity index (χ0n) is 9.55. The summed E-state index contributed by atoms with van der Waals surface area (Å²) in [5.74, 6) is 0.945. The predicted octanol–water partition coefficient (Wildman–Crippen LogP) is 2.55. The van der Waals surface area contributed by atoms with Gasteiger partial charge in [0.2, 0.25) is 0 Å². The molecular weight excluding hydrogens is 220 g/mol. The fraction of sp³-hybridized carbons (Fsp3) is 0.417. The summed E-state index contributed by atoms with van der Waals surface area (Å²) >= 11 is 1.64. The third kappa shape index (κ3) is 2.33. The second-order valence-corrected chi connectivity index (χ2v) is 5.12. The Morgan fingerprint density at radius 3 is 2.94 bits per heavy atom. The predicted molar refractivity (Wildman–Crippen MR) is 65.6 cm³/mol. The van der Waals surface area contributed by atoms with E-state index in [4.69, 9.17) is 0 Å². The van der Waals surface area contributed by atoms with Crippen molar-refractivity contribution in [1.29, 1.82) is 0 Å². The summed E-state index contributed by atoms with van der Waals surface area (Å²) in [4.78, 5) is 6.51. The van der Waals surface area contributed by atoms with Crippen LogP contribution in [0.15, 0.2) is 24.5 Å². The van der Waals surface area contributed by atoms with Crippen LogP contribution in [-0.4, -0.2) is 14.7 Å². The smallest absolute Gasteiger partial charge is 0.111 e. The van der Waals surface area contributed by atoms with E-state index in [-0.39, 0.29) is 0 Å². The molecule has 1 atom stereocenters.